The van der Waals surface area contributed by atoms with Crippen LogP contribution in [0.4, 0.5) is 0 Å². The number of hydrogen-bond donors (Lipinski definition) is 0. The van der Waals surface area contributed by atoms with Gasteiger partial charge < -0.3 is 0 Å². The predicted molar refractivity (Wildman–Crippen MR) is 54.4 cm³/mol. The quantitative estimate of drug-likeness (QED) is 0.431. The Morgan fingerprint density at radius 1 is 0.750 bits per heavy atom. The van der Waals surface area contributed by atoms with Crippen LogP contribution in [0.3, 0.4) is 0 Å². The molecule has 0 spiro atoms. The van der Waals surface area contributed by atoms with Gasteiger partial charge in [-0.1, -0.05) is 26.2 Å². The summed E-state index contributed by atoms with van der Waals surface area (Å²) >= 11 is 0. The van der Waals surface area contributed by atoms with Gasteiger partial charge >= 0.3 is 0 Å². The van der Waals surface area contributed by atoms with Gasteiger partial charge in [0.05, 0.1) is 14.5 Å². The number of rotatable bonds is 1. The average Bonchev–Trinajstić information content (AvgIpc) is 1.25. The summed E-state index contributed by atoms with van der Waals surface area (Å²) in [7, 11) is 4.40. The summed E-state index contributed by atoms with van der Waals surface area (Å²) in [5, 5.41) is 0. The van der Waals surface area contributed by atoms with Crippen molar-refractivity contribution in [3.05, 3.63) is 0 Å². The maximum absolute atomic E-state index is 3.04. The van der Waals surface area contributed by atoms with Gasteiger partial charge in [0.1, 0.15) is 0 Å². The largest absolute Gasteiger partial charge is 0.151 e. The van der Waals surface area contributed by atoms with E-state index in [1.54, 1.807) is 0 Å². The molecular formula is C4H16P2Si2. The molecule has 0 heterocycles. The molecule has 0 rings (SSSR count). The summed E-state index contributed by atoms with van der Waals surface area (Å²) in [6, 6.07) is 0. The lowest BCUT2D eigenvalue weighted by Crippen LogP contribution is -2.44. The molecule has 0 aromatic rings. The van der Waals surface area contributed by atoms with Crippen LogP contribution in [0, 0.1) is 0 Å². The third kappa shape index (κ3) is 2.73. The Labute approximate surface area is 58.7 Å². The Balaban J connectivity index is 4.02. The normalized spacial score (nSPS) is 14.2. The lowest BCUT2D eigenvalue weighted by molar-refractivity contribution is 1.93. The van der Waals surface area contributed by atoms with Crippen molar-refractivity contribution in [1.29, 1.82) is 0 Å². The van der Waals surface area contributed by atoms with Crippen molar-refractivity contribution in [1.82, 2.24) is 0 Å². The predicted octanol–water partition coefficient (Wildman–Crippen LogP) is 2.23. The molecule has 50 valence electrons. The first-order chi connectivity index (χ1) is 3.25. The minimum atomic E-state index is -0.840. The van der Waals surface area contributed by atoms with Gasteiger partial charge in [-0.15, -0.1) is 0 Å². The monoisotopic (exact) mass is 182 g/mol. The van der Waals surface area contributed by atoms with Gasteiger partial charge in [-0.2, -0.15) is 17.6 Å². The number of hydrogen-bond acceptors (Lipinski definition) is 0. The third-order valence-electron chi connectivity index (χ3n) is 1.66. The highest BCUT2D eigenvalue weighted by molar-refractivity contribution is 8.03. The molecule has 0 aromatic heterocycles. The van der Waals surface area contributed by atoms with E-state index in [2.05, 4.69) is 43.8 Å². The van der Waals surface area contributed by atoms with Crippen LogP contribution in [-0.2, 0) is 0 Å². The fraction of sp³-hybridized carbons (Fsp3) is 1.00. The first-order valence-corrected chi connectivity index (χ1v) is 13.4. The van der Waals surface area contributed by atoms with Gasteiger partial charge in [-0.05, 0) is 0 Å². The van der Waals surface area contributed by atoms with E-state index in [-0.39, 0.29) is 0 Å². The van der Waals surface area contributed by atoms with Crippen LogP contribution in [0.25, 0.3) is 0 Å². The fourth-order valence-electron chi connectivity index (χ4n) is 0. The van der Waals surface area contributed by atoms with E-state index in [0.717, 1.165) is 0 Å². The van der Waals surface area contributed by atoms with Crippen molar-refractivity contribution in [2.24, 2.45) is 0 Å². The fourth-order valence-corrected chi connectivity index (χ4v) is 0. The van der Waals surface area contributed by atoms with Crippen LogP contribution < -0.4 is 0 Å². The summed E-state index contributed by atoms with van der Waals surface area (Å²) < 4.78 is 0. The van der Waals surface area contributed by atoms with E-state index in [9.17, 15) is 0 Å². The zero-order valence-corrected chi connectivity index (χ0v) is 10.5. The third-order valence-corrected chi connectivity index (χ3v) is 31.3. The Bertz CT molecular complexity index is 67.0. The molecule has 2 unspecified atom stereocenters. The minimum Gasteiger partial charge on any atom is -0.151 e. The summed E-state index contributed by atoms with van der Waals surface area (Å²) in [6.07, 6.45) is 0. The second-order valence-corrected chi connectivity index (χ2v) is 30.2. The van der Waals surface area contributed by atoms with Crippen molar-refractivity contribution in [3.63, 3.8) is 0 Å². The standard InChI is InChI=1S/C4H16P2Si2/c1-7(2,5)8(3,4)6/h5-6H2,1-4H3. The molecule has 0 aliphatic carbocycles. The molecule has 0 saturated carbocycles. The average molecular weight is 182 g/mol. The first kappa shape index (κ1) is 9.29. The Kier molecular flexibility index (Phi) is 2.90. The molecule has 0 nitrogen and oxygen atoms in total. The molecule has 0 amide bonds. The van der Waals surface area contributed by atoms with Crippen LogP contribution in [0.15, 0.2) is 0 Å². The van der Waals surface area contributed by atoms with E-state index >= 15 is 0 Å². The van der Waals surface area contributed by atoms with Crippen LogP contribution >= 0.6 is 17.6 Å². The smallest absolute Gasteiger partial charge is 0.0661 e. The van der Waals surface area contributed by atoms with Gasteiger partial charge in [0, 0.05) is 0 Å². The second-order valence-electron chi connectivity index (χ2n) is 3.44. The highest BCUT2D eigenvalue weighted by Crippen LogP contribution is 2.29. The molecule has 0 N–H and O–H groups in total. The van der Waals surface area contributed by atoms with Crippen molar-refractivity contribution in [2.45, 2.75) is 26.2 Å². The Morgan fingerprint density at radius 2 is 0.875 bits per heavy atom. The zero-order chi connectivity index (χ0) is 7.00. The van der Waals surface area contributed by atoms with Gasteiger partial charge in [-0.25, -0.2) is 0 Å². The van der Waals surface area contributed by atoms with Crippen molar-refractivity contribution in [3.8, 4) is 0 Å². The summed E-state index contributed by atoms with van der Waals surface area (Å²) in [4.78, 5) is 0. The van der Waals surface area contributed by atoms with Gasteiger partial charge in [0.25, 0.3) is 0 Å². The summed E-state index contributed by atoms with van der Waals surface area (Å²) in [5.41, 5.74) is 0. The molecule has 4 heteroatoms. The maximum Gasteiger partial charge on any atom is 0.0661 e. The summed E-state index contributed by atoms with van der Waals surface area (Å²) in [6.45, 7) is 9.65. The van der Waals surface area contributed by atoms with Crippen molar-refractivity contribution < 1.29 is 0 Å². The SMILES string of the molecule is C[Si](C)(P)[Si](C)(C)P. The van der Waals surface area contributed by atoms with E-state index < -0.39 is 14.5 Å². The van der Waals surface area contributed by atoms with Crippen molar-refractivity contribution in [2.75, 3.05) is 0 Å². The molecule has 2 atom stereocenters. The zero-order valence-electron chi connectivity index (χ0n) is 6.15. The van der Waals surface area contributed by atoms with Crippen LogP contribution in [0.2, 0.25) is 26.2 Å². The Hall–Kier alpha value is 1.29. The minimum absolute atomic E-state index is 0.840. The van der Waals surface area contributed by atoms with Crippen LogP contribution in [0.1, 0.15) is 0 Å². The molecular weight excluding hydrogens is 166 g/mol. The van der Waals surface area contributed by atoms with Gasteiger partial charge in [0.2, 0.25) is 0 Å². The van der Waals surface area contributed by atoms with Gasteiger partial charge in [-0.3, -0.25) is 0 Å². The van der Waals surface area contributed by atoms with Gasteiger partial charge in [0.15, 0.2) is 0 Å². The highest BCUT2D eigenvalue weighted by Gasteiger charge is 2.32. The molecule has 0 aromatic carbocycles. The van der Waals surface area contributed by atoms with Crippen molar-refractivity contribution >= 4 is 32.1 Å². The lowest BCUT2D eigenvalue weighted by Gasteiger charge is -2.30. The van der Waals surface area contributed by atoms with E-state index in [0.29, 0.717) is 0 Å². The van der Waals surface area contributed by atoms with E-state index in [1.165, 1.54) is 0 Å². The second kappa shape index (κ2) is 2.50. The molecule has 0 bridgehead atoms. The molecule has 0 aliphatic rings. The molecule has 0 saturated heterocycles. The lowest BCUT2D eigenvalue weighted by atomic mass is 11.9. The first-order valence-electron chi connectivity index (χ1n) is 2.83. The van der Waals surface area contributed by atoms with Crippen LogP contribution in [-0.4, -0.2) is 14.5 Å². The topological polar surface area (TPSA) is 0 Å². The highest BCUT2D eigenvalue weighted by atomic mass is 31.4. The molecule has 8 heavy (non-hydrogen) atoms. The molecule has 0 radical (unpaired) electrons. The Morgan fingerprint density at radius 3 is 0.875 bits per heavy atom. The molecule has 0 fully saturated rings. The molecule has 0 aliphatic heterocycles. The maximum atomic E-state index is 3.04. The summed E-state index contributed by atoms with van der Waals surface area (Å²) in [5.74, 6) is 0. The van der Waals surface area contributed by atoms with Crippen LogP contribution in [0.5, 0.6) is 0 Å². The van der Waals surface area contributed by atoms with E-state index in [1.807, 2.05) is 0 Å². The van der Waals surface area contributed by atoms with E-state index in [4.69, 9.17) is 0 Å².